The van der Waals surface area contributed by atoms with Gasteiger partial charge in [0.05, 0.1) is 12.2 Å². The number of nitrogens with two attached hydrogens (primary N) is 1. The third-order valence-corrected chi connectivity index (χ3v) is 4.62. The topological polar surface area (TPSA) is 64.8 Å². The van der Waals surface area contributed by atoms with Gasteiger partial charge in [0, 0.05) is 32.7 Å². The Labute approximate surface area is 128 Å². The molecule has 122 valence electrons. The minimum Gasteiger partial charge on any atom is -0.376 e. The van der Waals surface area contributed by atoms with Gasteiger partial charge < -0.3 is 20.1 Å². The highest BCUT2D eigenvalue weighted by Crippen LogP contribution is 2.19. The van der Waals surface area contributed by atoms with Crippen LogP contribution in [0.3, 0.4) is 0 Å². The Morgan fingerprint density at radius 2 is 1.76 bits per heavy atom. The van der Waals surface area contributed by atoms with Crippen LogP contribution in [0.25, 0.3) is 0 Å². The molecule has 0 radical (unpaired) electrons. The van der Waals surface area contributed by atoms with Crippen molar-refractivity contribution in [2.24, 2.45) is 11.7 Å². The van der Waals surface area contributed by atoms with Crippen molar-refractivity contribution in [3.8, 4) is 0 Å². The van der Waals surface area contributed by atoms with Crippen LogP contribution in [0, 0.1) is 5.92 Å². The zero-order chi connectivity index (χ0) is 15.1. The van der Waals surface area contributed by atoms with E-state index in [1.807, 2.05) is 4.90 Å². The molecule has 0 aromatic heterocycles. The predicted octanol–water partition coefficient (Wildman–Crippen LogP) is 1.55. The molecule has 21 heavy (non-hydrogen) atoms. The van der Waals surface area contributed by atoms with Crippen LogP contribution in [0.2, 0.25) is 0 Å². The number of nitrogens with zero attached hydrogens (tertiary/aromatic N) is 1. The molecule has 3 unspecified atom stereocenters. The first-order valence-corrected chi connectivity index (χ1v) is 8.44. The molecule has 1 amide bonds. The first kappa shape index (κ1) is 16.7. The van der Waals surface area contributed by atoms with Gasteiger partial charge in [0.2, 0.25) is 5.91 Å². The quantitative estimate of drug-likeness (QED) is 0.738. The van der Waals surface area contributed by atoms with Crippen LogP contribution >= 0.6 is 0 Å². The van der Waals surface area contributed by atoms with Crippen molar-refractivity contribution in [3.63, 3.8) is 0 Å². The maximum Gasteiger partial charge on any atom is 0.223 e. The van der Waals surface area contributed by atoms with Gasteiger partial charge in [0.25, 0.3) is 0 Å². The minimum absolute atomic E-state index is 0.202. The number of hydrogen-bond donors (Lipinski definition) is 1. The molecule has 3 atom stereocenters. The van der Waals surface area contributed by atoms with Crippen LogP contribution in [0.5, 0.6) is 0 Å². The Bertz CT molecular complexity index is 291. The molecule has 2 aliphatic rings. The van der Waals surface area contributed by atoms with Gasteiger partial charge >= 0.3 is 0 Å². The molecule has 0 bridgehead atoms. The Hall–Kier alpha value is -0.650. The first-order valence-electron chi connectivity index (χ1n) is 8.44. The lowest BCUT2D eigenvalue weighted by Crippen LogP contribution is -2.42. The predicted molar refractivity (Wildman–Crippen MR) is 82.0 cm³/mol. The van der Waals surface area contributed by atoms with Crippen LogP contribution in [0.4, 0.5) is 0 Å². The van der Waals surface area contributed by atoms with Crippen LogP contribution < -0.4 is 5.73 Å². The molecule has 5 nitrogen and oxygen atoms in total. The summed E-state index contributed by atoms with van der Waals surface area (Å²) in [4.78, 5) is 14.6. The lowest BCUT2D eigenvalue weighted by Gasteiger charge is -2.29. The van der Waals surface area contributed by atoms with Gasteiger partial charge in [0.1, 0.15) is 0 Å². The zero-order valence-corrected chi connectivity index (χ0v) is 13.3. The lowest BCUT2D eigenvalue weighted by molar-refractivity contribution is -0.135. The number of hydrogen-bond acceptors (Lipinski definition) is 4. The Kier molecular flexibility index (Phi) is 6.93. The first-order chi connectivity index (χ1) is 10.2. The SMILES string of the molecule is CCC(CN)CC(=O)N(CC1CCCO1)CC1CCCO1. The highest BCUT2D eigenvalue weighted by atomic mass is 16.5. The average Bonchev–Trinajstić information content (AvgIpc) is 3.17. The van der Waals surface area contributed by atoms with E-state index in [2.05, 4.69) is 6.92 Å². The van der Waals surface area contributed by atoms with Gasteiger partial charge in [-0.25, -0.2) is 0 Å². The number of rotatable bonds is 8. The normalized spacial score (nSPS) is 27.0. The van der Waals surface area contributed by atoms with E-state index < -0.39 is 0 Å². The van der Waals surface area contributed by atoms with Gasteiger partial charge in [-0.2, -0.15) is 0 Å². The second kappa shape index (κ2) is 8.71. The fourth-order valence-corrected chi connectivity index (χ4v) is 3.12. The van der Waals surface area contributed by atoms with Crippen LogP contribution in [-0.4, -0.2) is 55.9 Å². The number of carbonyl (C=O) groups excluding carboxylic acids is 1. The molecule has 5 heteroatoms. The van der Waals surface area contributed by atoms with Crippen LogP contribution in [0.1, 0.15) is 45.4 Å². The summed E-state index contributed by atoms with van der Waals surface area (Å²) in [6.07, 6.45) is 6.23. The van der Waals surface area contributed by atoms with Crippen molar-refractivity contribution < 1.29 is 14.3 Å². The van der Waals surface area contributed by atoms with Gasteiger partial charge in [-0.3, -0.25) is 4.79 Å². The highest BCUT2D eigenvalue weighted by molar-refractivity contribution is 5.76. The summed E-state index contributed by atoms with van der Waals surface area (Å²) >= 11 is 0. The Morgan fingerprint density at radius 1 is 1.19 bits per heavy atom. The van der Waals surface area contributed by atoms with Gasteiger partial charge in [0.15, 0.2) is 0 Å². The van der Waals surface area contributed by atoms with Crippen molar-refractivity contribution in [2.45, 2.75) is 57.7 Å². The van der Waals surface area contributed by atoms with Gasteiger partial charge in [-0.15, -0.1) is 0 Å². The second-order valence-electron chi connectivity index (χ2n) is 6.28. The van der Waals surface area contributed by atoms with Crippen molar-refractivity contribution >= 4 is 5.91 Å². The van der Waals surface area contributed by atoms with Gasteiger partial charge in [-0.1, -0.05) is 13.3 Å². The van der Waals surface area contributed by atoms with Crippen molar-refractivity contribution in [3.05, 3.63) is 0 Å². The van der Waals surface area contributed by atoms with Crippen LogP contribution in [0.15, 0.2) is 0 Å². The largest absolute Gasteiger partial charge is 0.376 e. The zero-order valence-electron chi connectivity index (χ0n) is 13.3. The van der Waals surface area contributed by atoms with Crippen molar-refractivity contribution in [2.75, 3.05) is 32.8 Å². The molecular formula is C16H30N2O3. The van der Waals surface area contributed by atoms with E-state index in [-0.39, 0.29) is 24.0 Å². The fourth-order valence-electron chi connectivity index (χ4n) is 3.12. The summed E-state index contributed by atoms with van der Waals surface area (Å²) in [5.41, 5.74) is 5.74. The molecule has 0 saturated carbocycles. The third kappa shape index (κ3) is 5.24. The average molecular weight is 298 g/mol. The molecular weight excluding hydrogens is 268 g/mol. The summed E-state index contributed by atoms with van der Waals surface area (Å²) in [5.74, 6) is 0.493. The molecule has 2 rings (SSSR count). The summed E-state index contributed by atoms with van der Waals surface area (Å²) in [6, 6.07) is 0. The minimum atomic E-state index is 0.202. The molecule has 2 heterocycles. The van der Waals surface area contributed by atoms with Gasteiger partial charge in [-0.05, 0) is 38.1 Å². The number of carbonyl (C=O) groups is 1. The molecule has 0 aromatic rings. The molecule has 2 fully saturated rings. The second-order valence-corrected chi connectivity index (χ2v) is 6.28. The Morgan fingerprint density at radius 3 is 2.14 bits per heavy atom. The molecule has 2 aliphatic heterocycles. The molecule has 0 aliphatic carbocycles. The summed E-state index contributed by atoms with van der Waals surface area (Å²) < 4.78 is 11.4. The monoisotopic (exact) mass is 298 g/mol. The summed E-state index contributed by atoms with van der Waals surface area (Å²) in [6.45, 7) is 5.74. The summed E-state index contributed by atoms with van der Waals surface area (Å²) in [5, 5.41) is 0. The standard InChI is InChI=1S/C16H30N2O3/c1-2-13(10-17)9-16(19)18(11-14-5-3-7-20-14)12-15-6-4-8-21-15/h13-15H,2-12,17H2,1H3. The van der Waals surface area contributed by atoms with E-state index >= 15 is 0 Å². The molecule has 0 spiro atoms. The summed E-state index contributed by atoms with van der Waals surface area (Å²) in [7, 11) is 0. The molecule has 2 N–H and O–H groups in total. The van der Waals surface area contributed by atoms with Crippen molar-refractivity contribution in [1.82, 2.24) is 4.90 Å². The van der Waals surface area contributed by atoms with E-state index in [1.54, 1.807) is 0 Å². The van der Waals surface area contributed by atoms with Crippen molar-refractivity contribution in [1.29, 1.82) is 0 Å². The van der Waals surface area contributed by atoms with E-state index in [0.29, 0.717) is 26.1 Å². The van der Waals surface area contributed by atoms with E-state index in [1.165, 1.54) is 0 Å². The third-order valence-electron chi connectivity index (χ3n) is 4.62. The van der Waals surface area contributed by atoms with E-state index in [0.717, 1.165) is 45.3 Å². The maximum absolute atomic E-state index is 12.6. The van der Waals surface area contributed by atoms with Crippen LogP contribution in [-0.2, 0) is 14.3 Å². The fraction of sp³-hybridized carbons (Fsp3) is 0.938. The molecule has 2 saturated heterocycles. The number of ether oxygens (including phenoxy) is 2. The van der Waals surface area contributed by atoms with E-state index in [4.69, 9.17) is 15.2 Å². The van der Waals surface area contributed by atoms with E-state index in [9.17, 15) is 4.79 Å². The maximum atomic E-state index is 12.6. The molecule has 0 aromatic carbocycles. The Balaban J connectivity index is 1.90. The lowest BCUT2D eigenvalue weighted by atomic mass is 10.0. The highest BCUT2D eigenvalue weighted by Gasteiger charge is 2.27. The number of amides is 1. The smallest absolute Gasteiger partial charge is 0.223 e.